The number of oxazole rings is 1. The molecule has 4 aromatic rings. The molecule has 0 amide bonds. The van der Waals surface area contributed by atoms with Gasteiger partial charge in [0.05, 0.1) is 11.5 Å². The molecular formula is C28H30F3N5O2. The number of halogens is 3. The van der Waals surface area contributed by atoms with Gasteiger partial charge >= 0.3 is 6.18 Å². The number of fused-ring (bicyclic) bond motifs is 1. The standard InChI is InChI=1S/C28H30F3N5O2/c1-16-12-27(13-16,26-33-15-36(2)35-26)19-6-3-5-18(11-19)25-34-22-10-17(14-32-21-7-4-8-23(21)37)9-20(24(22)38-25)28(29,30)31/h3,5-6,9-11,15-16,21,23,32,37H,4,7-8,12-14H2,1-2H3/t16?,21-,23+,27?/m1/s1. The largest absolute Gasteiger partial charge is 0.435 e. The summed E-state index contributed by atoms with van der Waals surface area (Å²) >= 11 is 0. The third kappa shape index (κ3) is 4.39. The number of benzene rings is 2. The average molecular weight is 526 g/mol. The number of hydrogen-bond acceptors (Lipinski definition) is 6. The predicted octanol–water partition coefficient (Wildman–Crippen LogP) is 5.36. The van der Waals surface area contributed by atoms with Crippen LogP contribution in [0.1, 0.15) is 61.5 Å². The maximum absolute atomic E-state index is 14.0. The van der Waals surface area contributed by atoms with Crippen LogP contribution < -0.4 is 5.32 Å². The Morgan fingerprint density at radius 3 is 2.66 bits per heavy atom. The molecule has 7 nitrogen and oxygen atoms in total. The highest BCUT2D eigenvalue weighted by Gasteiger charge is 2.48. The van der Waals surface area contributed by atoms with E-state index in [1.807, 2.05) is 25.2 Å². The van der Waals surface area contributed by atoms with E-state index in [1.54, 1.807) is 23.1 Å². The van der Waals surface area contributed by atoms with Crippen LogP contribution in [0.5, 0.6) is 0 Å². The number of aliphatic hydroxyl groups is 1. The fourth-order valence-corrected chi connectivity index (χ4v) is 6.14. The van der Waals surface area contributed by atoms with Gasteiger partial charge in [-0.05, 0) is 73.4 Å². The quantitative estimate of drug-likeness (QED) is 0.352. The molecule has 2 atom stereocenters. The number of rotatable bonds is 6. The molecule has 0 unspecified atom stereocenters. The first-order valence-corrected chi connectivity index (χ1v) is 13.0. The Morgan fingerprint density at radius 2 is 2.00 bits per heavy atom. The number of nitrogens with one attached hydrogen (secondary N) is 1. The van der Waals surface area contributed by atoms with Gasteiger partial charge in [0.15, 0.2) is 11.4 Å². The number of aromatic nitrogens is 4. The Bertz CT molecular complexity index is 1470. The molecule has 0 saturated heterocycles. The lowest BCUT2D eigenvalue weighted by molar-refractivity contribution is -0.136. The predicted molar refractivity (Wildman–Crippen MR) is 135 cm³/mol. The van der Waals surface area contributed by atoms with Crippen molar-refractivity contribution in [2.45, 2.75) is 69.3 Å². The molecular weight excluding hydrogens is 495 g/mol. The average Bonchev–Trinajstić information content (AvgIpc) is 3.59. The molecule has 0 bridgehead atoms. The highest BCUT2D eigenvalue weighted by molar-refractivity contribution is 5.81. The van der Waals surface area contributed by atoms with Gasteiger partial charge in [0.2, 0.25) is 5.89 Å². The minimum Gasteiger partial charge on any atom is -0.435 e. The summed E-state index contributed by atoms with van der Waals surface area (Å²) in [6.45, 7) is 2.39. The van der Waals surface area contributed by atoms with Crippen molar-refractivity contribution >= 4 is 11.1 Å². The van der Waals surface area contributed by atoms with Crippen LogP contribution in [-0.4, -0.2) is 37.0 Å². The van der Waals surface area contributed by atoms with Crippen LogP contribution in [0.15, 0.2) is 47.1 Å². The second-order valence-corrected chi connectivity index (χ2v) is 10.9. The minimum absolute atomic E-state index is 0.120. The first-order chi connectivity index (χ1) is 18.1. The normalized spacial score (nSPS) is 25.7. The fourth-order valence-electron chi connectivity index (χ4n) is 6.14. The molecule has 2 N–H and O–H groups in total. The van der Waals surface area contributed by atoms with Crippen LogP contribution in [0, 0.1) is 5.92 Å². The van der Waals surface area contributed by atoms with Crippen molar-refractivity contribution < 1.29 is 22.7 Å². The Hall–Kier alpha value is -3.24. The van der Waals surface area contributed by atoms with Crippen LogP contribution in [0.4, 0.5) is 13.2 Å². The molecule has 10 heteroatoms. The van der Waals surface area contributed by atoms with Gasteiger partial charge in [-0.25, -0.2) is 9.97 Å². The monoisotopic (exact) mass is 525 g/mol. The number of hydrogen-bond donors (Lipinski definition) is 2. The first kappa shape index (κ1) is 25.1. The highest BCUT2D eigenvalue weighted by Crippen LogP contribution is 2.51. The Kier molecular flexibility index (Phi) is 6.07. The van der Waals surface area contributed by atoms with E-state index in [4.69, 9.17) is 4.42 Å². The molecule has 2 aliphatic rings. The topological polar surface area (TPSA) is 89.0 Å². The van der Waals surface area contributed by atoms with Crippen molar-refractivity contribution in [3.05, 3.63) is 65.2 Å². The second-order valence-electron chi connectivity index (χ2n) is 10.9. The number of alkyl halides is 3. The zero-order valence-corrected chi connectivity index (χ0v) is 21.3. The van der Waals surface area contributed by atoms with Gasteiger partial charge in [-0.3, -0.25) is 4.68 Å². The molecule has 0 radical (unpaired) electrons. The zero-order chi connectivity index (χ0) is 26.7. The van der Waals surface area contributed by atoms with E-state index in [1.165, 1.54) is 0 Å². The smallest absolute Gasteiger partial charge is 0.420 e. The molecule has 2 heterocycles. The van der Waals surface area contributed by atoms with Crippen LogP contribution in [-0.2, 0) is 25.2 Å². The van der Waals surface area contributed by atoms with Gasteiger partial charge in [-0.1, -0.05) is 19.1 Å². The lowest BCUT2D eigenvalue weighted by atomic mass is 9.58. The number of aliphatic hydroxyl groups excluding tert-OH is 1. The van der Waals surface area contributed by atoms with Gasteiger partial charge in [-0.15, -0.1) is 0 Å². The third-order valence-corrected chi connectivity index (χ3v) is 7.99. The summed E-state index contributed by atoms with van der Waals surface area (Å²) in [5, 5.41) is 17.8. The first-order valence-electron chi connectivity index (χ1n) is 13.0. The summed E-state index contributed by atoms with van der Waals surface area (Å²) in [7, 11) is 1.83. The van der Waals surface area contributed by atoms with Crippen molar-refractivity contribution in [3.8, 4) is 11.5 Å². The SMILES string of the molecule is CC1CC(c2cccc(-c3nc4cc(CN[C@@H]5CCC[C@@H]5O)cc(C(F)(F)F)c4o3)c2)(c2ncn(C)n2)C1. The molecule has 0 aliphatic heterocycles. The van der Waals surface area contributed by atoms with Crippen molar-refractivity contribution in [1.29, 1.82) is 0 Å². The van der Waals surface area contributed by atoms with Gasteiger partial charge in [0.25, 0.3) is 0 Å². The molecule has 2 aromatic carbocycles. The van der Waals surface area contributed by atoms with E-state index in [0.717, 1.165) is 43.1 Å². The minimum atomic E-state index is -4.60. The summed E-state index contributed by atoms with van der Waals surface area (Å²) in [6, 6.07) is 10.2. The molecule has 6 rings (SSSR count). The van der Waals surface area contributed by atoms with Gasteiger partial charge in [0.1, 0.15) is 17.4 Å². The maximum Gasteiger partial charge on any atom is 0.420 e. The number of aryl methyl sites for hydroxylation is 1. The Morgan fingerprint density at radius 1 is 1.18 bits per heavy atom. The fraction of sp³-hybridized carbons (Fsp3) is 0.464. The molecule has 0 spiro atoms. The molecule has 2 saturated carbocycles. The van der Waals surface area contributed by atoms with E-state index in [0.29, 0.717) is 23.5 Å². The van der Waals surface area contributed by atoms with Crippen molar-refractivity contribution in [2.24, 2.45) is 13.0 Å². The Balaban J connectivity index is 1.37. The van der Waals surface area contributed by atoms with Crippen LogP contribution >= 0.6 is 0 Å². The molecule has 2 aliphatic carbocycles. The lowest BCUT2D eigenvalue weighted by Gasteiger charge is -2.45. The maximum atomic E-state index is 14.0. The van der Waals surface area contributed by atoms with E-state index >= 15 is 0 Å². The van der Waals surface area contributed by atoms with Gasteiger partial charge < -0.3 is 14.8 Å². The van der Waals surface area contributed by atoms with Crippen molar-refractivity contribution in [2.75, 3.05) is 0 Å². The third-order valence-electron chi connectivity index (χ3n) is 7.99. The lowest BCUT2D eigenvalue weighted by Crippen LogP contribution is -2.42. The van der Waals surface area contributed by atoms with Crippen molar-refractivity contribution in [1.82, 2.24) is 25.1 Å². The second kappa shape index (κ2) is 9.20. The van der Waals surface area contributed by atoms with E-state index in [2.05, 4.69) is 27.3 Å². The highest BCUT2D eigenvalue weighted by atomic mass is 19.4. The Labute approximate surface area is 218 Å². The van der Waals surface area contributed by atoms with Gasteiger partial charge in [-0.2, -0.15) is 18.3 Å². The number of nitrogens with zero attached hydrogens (tertiary/aromatic N) is 4. The zero-order valence-electron chi connectivity index (χ0n) is 21.3. The summed E-state index contributed by atoms with van der Waals surface area (Å²) in [5.74, 6) is 1.40. The summed E-state index contributed by atoms with van der Waals surface area (Å²) in [5.41, 5.74) is 0.733. The van der Waals surface area contributed by atoms with Crippen LogP contribution in [0.3, 0.4) is 0 Å². The van der Waals surface area contributed by atoms with Gasteiger partial charge in [0, 0.05) is 25.2 Å². The van der Waals surface area contributed by atoms with Crippen LogP contribution in [0.25, 0.3) is 22.6 Å². The summed E-state index contributed by atoms with van der Waals surface area (Å²) in [6.07, 6.45) is 0.779. The van der Waals surface area contributed by atoms with E-state index in [9.17, 15) is 18.3 Å². The molecule has 200 valence electrons. The molecule has 38 heavy (non-hydrogen) atoms. The summed E-state index contributed by atoms with van der Waals surface area (Å²) in [4.78, 5) is 9.02. The molecule has 2 fully saturated rings. The van der Waals surface area contributed by atoms with Crippen LogP contribution in [0.2, 0.25) is 0 Å². The van der Waals surface area contributed by atoms with E-state index < -0.39 is 17.8 Å². The summed E-state index contributed by atoms with van der Waals surface area (Å²) < 4.78 is 49.6. The van der Waals surface area contributed by atoms with E-state index in [-0.39, 0.29) is 35.0 Å². The molecule has 2 aromatic heterocycles. The van der Waals surface area contributed by atoms with Crippen molar-refractivity contribution in [3.63, 3.8) is 0 Å².